The van der Waals surface area contributed by atoms with E-state index in [1.165, 1.54) is 40.3 Å². The molecule has 9 rings (SSSR count). The van der Waals surface area contributed by atoms with Gasteiger partial charge in [-0.2, -0.15) is 0 Å². The van der Waals surface area contributed by atoms with E-state index in [9.17, 15) is 35.9 Å². The Labute approximate surface area is 312 Å². The molecular weight excluding hydrogens is 706 g/mol. The summed E-state index contributed by atoms with van der Waals surface area (Å²) < 4.78 is 83.5. The second kappa shape index (κ2) is 12.6. The molecule has 4 aliphatic carbocycles. The highest BCUT2D eigenvalue weighted by atomic mass is 19.2. The molecule has 0 spiro atoms. The Kier molecular flexibility index (Phi) is 8.93. The van der Waals surface area contributed by atoms with Gasteiger partial charge in [0.1, 0.15) is 23.3 Å². The fourth-order valence-electron chi connectivity index (χ4n) is 11.6. The average Bonchev–Trinajstić information content (AvgIpc) is 3.79. The smallest absolute Gasteiger partial charge is 0.246 e. The van der Waals surface area contributed by atoms with Crippen LogP contribution in [0.25, 0.3) is 0 Å². The van der Waals surface area contributed by atoms with E-state index in [-0.39, 0.29) is 94.2 Å². The van der Waals surface area contributed by atoms with Crippen LogP contribution in [-0.2, 0) is 16.1 Å². The number of nitrogens with zero attached hydrogens (tertiary/aromatic N) is 3. The number of nitrogens with one attached hydrogen (secondary N) is 1. The summed E-state index contributed by atoms with van der Waals surface area (Å²) in [4.78, 5) is 26.5. The zero-order valence-electron chi connectivity index (χ0n) is 30.6. The van der Waals surface area contributed by atoms with Crippen molar-refractivity contribution in [2.24, 2.45) is 45.3 Å². The fourth-order valence-corrected chi connectivity index (χ4v) is 11.6. The van der Waals surface area contributed by atoms with Crippen LogP contribution < -0.4 is 15.4 Å². The molecule has 4 unspecified atom stereocenters. The number of hydrazine groups is 2. The minimum atomic E-state index is -0.852. The van der Waals surface area contributed by atoms with Crippen molar-refractivity contribution in [3.63, 3.8) is 0 Å². The zero-order valence-corrected chi connectivity index (χ0v) is 30.6. The minimum absolute atomic E-state index is 0. The van der Waals surface area contributed by atoms with Crippen molar-refractivity contribution in [1.29, 1.82) is 0 Å². The molecule has 12 heteroatoms. The van der Waals surface area contributed by atoms with E-state index in [0.29, 0.717) is 5.92 Å². The van der Waals surface area contributed by atoms with Crippen molar-refractivity contribution in [2.45, 2.75) is 93.3 Å². The summed E-state index contributed by atoms with van der Waals surface area (Å²) in [5.74, 6) is -4.73. The van der Waals surface area contributed by atoms with Gasteiger partial charge in [0.05, 0.1) is 23.2 Å². The lowest BCUT2D eigenvalue weighted by atomic mass is 9.69. The summed E-state index contributed by atoms with van der Waals surface area (Å²) in [7, 11) is 0. The molecule has 4 saturated carbocycles. The van der Waals surface area contributed by atoms with Gasteiger partial charge in [-0.3, -0.25) is 9.59 Å². The first-order chi connectivity index (χ1) is 24.8. The summed E-state index contributed by atoms with van der Waals surface area (Å²) >= 11 is 0. The highest BCUT2D eigenvalue weighted by Gasteiger charge is 2.73. The first-order valence-corrected chi connectivity index (χ1v) is 18.4. The lowest BCUT2D eigenvalue weighted by Crippen LogP contribution is -2.50. The average molecular weight is 755 g/mol. The maximum atomic E-state index is 14.8. The number of rotatable bonds is 4. The van der Waals surface area contributed by atoms with Crippen LogP contribution in [0.1, 0.15) is 80.2 Å². The Morgan fingerprint density at radius 3 is 1.70 bits per heavy atom. The number of halogens is 6. The third-order valence-electron chi connectivity index (χ3n) is 15.1. The maximum absolute atomic E-state index is 14.8. The second-order valence-electron chi connectivity index (χ2n) is 17.5. The number of benzene rings is 3. The summed E-state index contributed by atoms with van der Waals surface area (Å²) in [5.41, 5.74) is 3.25. The SMILES string of the molecule is C.CC1(C)[C@H]2CC[C@]1(C)C1C2C(=O)N(c2ccc(F)cc2F)N1Cc1ccc(F)cc1F.CC1(C)[C@H]2CC[C@]1(C)C1NN(c3ccc(F)cc3F)C(=O)C12. The standard InChI is InChI=1S/C24H24F4N2O.C17H20F2N2O.CH4/c1-23(2)16-8-9-24(23,3)21-20(16)22(31)30(19-7-6-15(26)11-18(19)28)29(21)12-13-4-5-14(25)10-17(13)27;1-16(2)10-6-7-17(16,3)14-13(10)15(22)21(20-14)12-5-4-9(18)8-11(12)19;/h4-7,10-11,16,20-21H,8-9,12H2,1-3H3;4-5,8,10,13-14,20H,6-7H2,1-3H3;1H4/t16-,20?,21?,24+;10-,13?,14?,17+;/m00./s1. The molecule has 1 N–H and O–H groups in total. The van der Waals surface area contributed by atoms with Crippen molar-refractivity contribution < 1.29 is 35.9 Å². The Morgan fingerprint density at radius 2 is 1.15 bits per heavy atom. The number of amides is 2. The van der Waals surface area contributed by atoms with E-state index in [0.717, 1.165) is 49.9 Å². The lowest BCUT2D eigenvalue weighted by Gasteiger charge is -2.44. The molecule has 0 aromatic heterocycles. The van der Waals surface area contributed by atoms with Crippen molar-refractivity contribution in [3.05, 3.63) is 95.1 Å². The van der Waals surface area contributed by atoms with Crippen molar-refractivity contribution in [3.8, 4) is 0 Å². The fraction of sp³-hybridized carbons (Fsp3) is 0.524. The van der Waals surface area contributed by atoms with Gasteiger partial charge < -0.3 is 0 Å². The molecule has 2 amide bonds. The molecule has 3 aromatic carbocycles. The summed E-state index contributed by atoms with van der Waals surface area (Å²) in [6.45, 7) is 13.1. The van der Waals surface area contributed by atoms with E-state index in [4.69, 9.17) is 0 Å². The first-order valence-electron chi connectivity index (χ1n) is 18.4. The van der Waals surface area contributed by atoms with Crippen LogP contribution in [0.4, 0.5) is 37.7 Å². The lowest BCUT2D eigenvalue weighted by molar-refractivity contribution is -0.123. The molecule has 6 fully saturated rings. The Morgan fingerprint density at radius 1 is 0.648 bits per heavy atom. The normalized spacial score (nSPS) is 33.9. The molecule has 54 heavy (non-hydrogen) atoms. The Bertz CT molecular complexity index is 2040. The quantitative estimate of drug-likeness (QED) is 0.270. The molecule has 2 heterocycles. The van der Waals surface area contributed by atoms with E-state index in [1.54, 1.807) is 5.01 Å². The number of fused-ring (bicyclic) bond motifs is 10. The summed E-state index contributed by atoms with van der Waals surface area (Å²) in [6.07, 6.45) is 3.92. The monoisotopic (exact) mass is 754 g/mol. The van der Waals surface area contributed by atoms with Crippen LogP contribution in [0.3, 0.4) is 0 Å². The molecule has 0 radical (unpaired) electrons. The van der Waals surface area contributed by atoms with Gasteiger partial charge in [0.25, 0.3) is 0 Å². The van der Waals surface area contributed by atoms with Crippen molar-refractivity contribution in [2.75, 3.05) is 10.0 Å². The molecule has 4 bridgehead atoms. The van der Waals surface area contributed by atoms with E-state index < -0.39 is 34.9 Å². The number of hydrogen-bond acceptors (Lipinski definition) is 4. The second-order valence-corrected chi connectivity index (χ2v) is 17.5. The third-order valence-corrected chi connectivity index (χ3v) is 15.1. The summed E-state index contributed by atoms with van der Waals surface area (Å²) in [5, 5.41) is 4.29. The van der Waals surface area contributed by atoms with E-state index in [2.05, 4.69) is 47.0 Å². The maximum Gasteiger partial charge on any atom is 0.246 e. The number of hydrogen-bond donors (Lipinski definition) is 1. The predicted octanol–water partition coefficient (Wildman–Crippen LogP) is 9.34. The molecule has 8 atom stereocenters. The molecule has 6 nitrogen and oxygen atoms in total. The van der Waals surface area contributed by atoms with Gasteiger partial charge in [-0.1, -0.05) is 55.0 Å². The third kappa shape index (κ3) is 5.07. The largest absolute Gasteiger partial charge is 0.273 e. The Hall–Kier alpha value is -3.90. The van der Waals surface area contributed by atoms with Gasteiger partial charge in [0.2, 0.25) is 11.8 Å². The van der Waals surface area contributed by atoms with Gasteiger partial charge >= 0.3 is 0 Å². The molecule has 290 valence electrons. The van der Waals surface area contributed by atoms with Crippen molar-refractivity contribution >= 4 is 23.2 Å². The topological polar surface area (TPSA) is 55.9 Å². The number of anilines is 2. The predicted molar refractivity (Wildman–Crippen MR) is 193 cm³/mol. The Balaban J connectivity index is 0.000000173. The van der Waals surface area contributed by atoms with Crippen molar-refractivity contribution in [1.82, 2.24) is 10.4 Å². The molecule has 2 saturated heterocycles. The van der Waals surface area contributed by atoms with Gasteiger partial charge in [0.15, 0.2) is 11.6 Å². The van der Waals surface area contributed by atoms with Crippen LogP contribution in [0.5, 0.6) is 0 Å². The highest BCUT2D eigenvalue weighted by molar-refractivity contribution is 5.99. The van der Waals surface area contributed by atoms with Gasteiger partial charge in [0, 0.05) is 42.4 Å². The minimum Gasteiger partial charge on any atom is -0.273 e. The van der Waals surface area contributed by atoms with Gasteiger partial charge in [-0.15, -0.1) is 0 Å². The van der Waals surface area contributed by atoms with Crippen LogP contribution in [0, 0.1) is 80.2 Å². The molecule has 3 aromatic rings. The van der Waals surface area contributed by atoms with Crippen LogP contribution in [0.15, 0.2) is 54.6 Å². The van der Waals surface area contributed by atoms with Crippen LogP contribution in [-0.4, -0.2) is 28.9 Å². The van der Waals surface area contributed by atoms with E-state index >= 15 is 0 Å². The number of carbonyl (C=O) groups excluding carboxylic acids is 2. The van der Waals surface area contributed by atoms with Crippen LogP contribution in [0.2, 0.25) is 0 Å². The van der Waals surface area contributed by atoms with Gasteiger partial charge in [-0.25, -0.2) is 46.8 Å². The molecule has 2 aliphatic heterocycles. The summed E-state index contributed by atoms with van der Waals surface area (Å²) in [6, 6.07) is 9.51. The van der Waals surface area contributed by atoms with Crippen LogP contribution >= 0.6 is 0 Å². The molecular formula is C42H48F6N4O2. The van der Waals surface area contributed by atoms with E-state index in [1.807, 2.05) is 0 Å². The highest BCUT2D eigenvalue weighted by Crippen LogP contribution is 2.71. The van der Waals surface area contributed by atoms with Gasteiger partial charge in [-0.05, 0) is 89.5 Å². The molecule has 6 aliphatic rings. The first kappa shape index (κ1) is 38.4. The zero-order chi connectivity index (χ0) is 38.2. The number of carbonyl (C=O) groups is 2.